The maximum Gasteiger partial charge on any atom is 0.223 e. The minimum absolute atomic E-state index is 0.0556. The van der Waals surface area contributed by atoms with Crippen LogP contribution in [-0.2, 0) is 11.2 Å². The van der Waals surface area contributed by atoms with Gasteiger partial charge in [-0.25, -0.2) is 4.39 Å². The molecule has 1 aromatic carbocycles. The van der Waals surface area contributed by atoms with Crippen LogP contribution in [0.15, 0.2) is 18.2 Å². The first-order valence-electron chi connectivity index (χ1n) is 6.05. The second-order valence-corrected chi connectivity index (χ2v) is 3.84. The number of nitrogens with one attached hydrogen (secondary N) is 1. The van der Waals surface area contributed by atoms with E-state index in [1.54, 1.807) is 6.07 Å². The molecule has 0 spiro atoms. The van der Waals surface area contributed by atoms with Gasteiger partial charge in [-0.15, -0.1) is 0 Å². The van der Waals surface area contributed by atoms with Crippen LogP contribution in [0.3, 0.4) is 0 Å². The van der Waals surface area contributed by atoms with Crippen molar-refractivity contribution < 1.29 is 13.9 Å². The van der Waals surface area contributed by atoms with Crippen LogP contribution in [0.1, 0.15) is 18.9 Å². The van der Waals surface area contributed by atoms with Gasteiger partial charge in [-0.1, -0.05) is 0 Å². The van der Waals surface area contributed by atoms with Gasteiger partial charge in [0.15, 0.2) is 0 Å². The maximum absolute atomic E-state index is 13.1. The van der Waals surface area contributed by atoms with Crippen molar-refractivity contribution in [3.05, 3.63) is 29.6 Å². The Kier molecular flexibility index (Phi) is 6.14. The van der Waals surface area contributed by atoms with Crippen LogP contribution in [-0.4, -0.2) is 25.6 Å². The number of carbonyl (C=O) groups is 1. The number of rotatable bonds is 7. The molecule has 0 fully saturated rings. The van der Waals surface area contributed by atoms with Crippen LogP contribution >= 0.6 is 0 Å². The molecule has 0 aliphatic carbocycles. The molecule has 0 aliphatic heterocycles. The SMILES string of the molecule is CCNC(=O)CCOc1ccc(F)cc1CCN. The average Bonchev–Trinajstić information content (AvgIpc) is 2.33. The summed E-state index contributed by atoms with van der Waals surface area (Å²) in [5.41, 5.74) is 6.18. The molecule has 18 heavy (non-hydrogen) atoms. The summed E-state index contributed by atoms with van der Waals surface area (Å²) in [4.78, 5) is 11.2. The van der Waals surface area contributed by atoms with E-state index < -0.39 is 0 Å². The lowest BCUT2D eigenvalue weighted by Gasteiger charge is -2.11. The van der Waals surface area contributed by atoms with Crippen LogP contribution in [0.2, 0.25) is 0 Å². The van der Waals surface area contributed by atoms with Crippen LogP contribution in [0.25, 0.3) is 0 Å². The monoisotopic (exact) mass is 254 g/mol. The Morgan fingerprint density at radius 2 is 2.28 bits per heavy atom. The predicted octanol–water partition coefficient (Wildman–Crippen LogP) is 1.23. The van der Waals surface area contributed by atoms with Crippen molar-refractivity contribution in [2.75, 3.05) is 19.7 Å². The van der Waals surface area contributed by atoms with Crippen molar-refractivity contribution in [1.29, 1.82) is 0 Å². The molecular formula is C13H19FN2O2. The topological polar surface area (TPSA) is 64.3 Å². The number of carbonyl (C=O) groups excluding carboxylic acids is 1. The van der Waals surface area contributed by atoms with E-state index in [0.29, 0.717) is 25.3 Å². The van der Waals surface area contributed by atoms with E-state index in [2.05, 4.69) is 5.32 Å². The molecule has 0 heterocycles. The summed E-state index contributed by atoms with van der Waals surface area (Å²) in [6.45, 7) is 3.16. The Morgan fingerprint density at radius 1 is 1.50 bits per heavy atom. The molecule has 0 bridgehead atoms. The van der Waals surface area contributed by atoms with Crippen LogP contribution in [0, 0.1) is 5.82 Å². The summed E-state index contributed by atoms with van der Waals surface area (Å²) in [5, 5.41) is 2.68. The molecule has 0 saturated heterocycles. The molecule has 0 unspecified atom stereocenters. The zero-order valence-corrected chi connectivity index (χ0v) is 10.5. The number of benzene rings is 1. The van der Waals surface area contributed by atoms with Crippen molar-refractivity contribution in [3.8, 4) is 5.75 Å². The Bertz CT molecular complexity index is 397. The highest BCUT2D eigenvalue weighted by molar-refractivity contribution is 5.75. The van der Waals surface area contributed by atoms with E-state index in [-0.39, 0.29) is 24.8 Å². The Hall–Kier alpha value is -1.62. The lowest BCUT2D eigenvalue weighted by Crippen LogP contribution is -2.24. The van der Waals surface area contributed by atoms with Crippen molar-refractivity contribution >= 4 is 5.91 Å². The Morgan fingerprint density at radius 3 is 2.94 bits per heavy atom. The average molecular weight is 254 g/mol. The summed E-state index contributed by atoms with van der Waals surface area (Å²) < 4.78 is 18.5. The van der Waals surface area contributed by atoms with Crippen LogP contribution in [0.4, 0.5) is 4.39 Å². The number of hydrogen-bond acceptors (Lipinski definition) is 3. The van der Waals surface area contributed by atoms with Crippen molar-refractivity contribution in [1.82, 2.24) is 5.32 Å². The molecule has 1 amide bonds. The van der Waals surface area contributed by atoms with Gasteiger partial charge in [0.05, 0.1) is 13.0 Å². The minimum Gasteiger partial charge on any atom is -0.493 e. The number of ether oxygens (including phenoxy) is 1. The molecule has 4 nitrogen and oxygen atoms in total. The van der Waals surface area contributed by atoms with E-state index in [0.717, 1.165) is 5.56 Å². The fourth-order valence-corrected chi connectivity index (χ4v) is 1.58. The molecule has 0 radical (unpaired) electrons. The number of nitrogens with two attached hydrogens (primary N) is 1. The van der Waals surface area contributed by atoms with Gasteiger partial charge in [-0.3, -0.25) is 4.79 Å². The molecule has 5 heteroatoms. The standard InChI is InChI=1S/C13H19FN2O2/c1-2-16-13(17)6-8-18-12-4-3-11(14)9-10(12)5-7-15/h3-4,9H,2,5-8,15H2,1H3,(H,16,17). The molecule has 0 saturated carbocycles. The molecule has 0 atom stereocenters. The molecular weight excluding hydrogens is 235 g/mol. The molecule has 0 aromatic heterocycles. The zero-order valence-electron chi connectivity index (χ0n) is 10.5. The van der Waals surface area contributed by atoms with Crippen LogP contribution < -0.4 is 15.8 Å². The molecule has 1 rings (SSSR count). The fourth-order valence-electron chi connectivity index (χ4n) is 1.58. The molecule has 1 aromatic rings. The predicted molar refractivity (Wildman–Crippen MR) is 68.0 cm³/mol. The van der Waals surface area contributed by atoms with Crippen molar-refractivity contribution in [2.24, 2.45) is 5.73 Å². The third kappa shape index (κ3) is 4.71. The van der Waals surface area contributed by atoms with Gasteiger partial charge in [0.1, 0.15) is 11.6 Å². The normalized spacial score (nSPS) is 10.2. The second kappa shape index (κ2) is 7.66. The van der Waals surface area contributed by atoms with E-state index >= 15 is 0 Å². The first-order valence-corrected chi connectivity index (χ1v) is 6.05. The maximum atomic E-state index is 13.1. The van der Waals surface area contributed by atoms with Gasteiger partial charge < -0.3 is 15.8 Å². The summed E-state index contributed by atoms with van der Waals surface area (Å²) in [5.74, 6) is 0.223. The van der Waals surface area contributed by atoms with E-state index in [1.165, 1.54) is 12.1 Å². The summed E-state index contributed by atoms with van der Waals surface area (Å²) in [6, 6.07) is 4.31. The van der Waals surface area contributed by atoms with Gasteiger partial charge >= 0.3 is 0 Å². The van der Waals surface area contributed by atoms with Crippen molar-refractivity contribution in [2.45, 2.75) is 19.8 Å². The van der Waals surface area contributed by atoms with Gasteiger partial charge in [0, 0.05) is 6.54 Å². The number of amides is 1. The largest absolute Gasteiger partial charge is 0.493 e. The van der Waals surface area contributed by atoms with Gasteiger partial charge in [-0.05, 0) is 43.7 Å². The summed E-state index contributed by atoms with van der Waals surface area (Å²) in [7, 11) is 0. The smallest absolute Gasteiger partial charge is 0.223 e. The zero-order chi connectivity index (χ0) is 13.4. The van der Waals surface area contributed by atoms with Gasteiger partial charge in [0.25, 0.3) is 0 Å². The Balaban J connectivity index is 2.53. The highest BCUT2D eigenvalue weighted by Crippen LogP contribution is 2.20. The molecule has 100 valence electrons. The Labute approximate surface area is 106 Å². The third-order valence-corrected chi connectivity index (χ3v) is 2.40. The first kappa shape index (κ1) is 14.4. The fraction of sp³-hybridized carbons (Fsp3) is 0.462. The van der Waals surface area contributed by atoms with Crippen molar-refractivity contribution in [3.63, 3.8) is 0 Å². The lowest BCUT2D eigenvalue weighted by atomic mass is 10.1. The van der Waals surface area contributed by atoms with Gasteiger partial charge in [-0.2, -0.15) is 0 Å². The second-order valence-electron chi connectivity index (χ2n) is 3.84. The van der Waals surface area contributed by atoms with E-state index in [9.17, 15) is 9.18 Å². The molecule has 0 aliphatic rings. The highest BCUT2D eigenvalue weighted by Gasteiger charge is 2.06. The van der Waals surface area contributed by atoms with E-state index in [4.69, 9.17) is 10.5 Å². The van der Waals surface area contributed by atoms with E-state index in [1.807, 2.05) is 6.92 Å². The summed E-state index contributed by atoms with van der Waals surface area (Å²) >= 11 is 0. The van der Waals surface area contributed by atoms with Gasteiger partial charge in [0.2, 0.25) is 5.91 Å². The highest BCUT2D eigenvalue weighted by atomic mass is 19.1. The minimum atomic E-state index is -0.311. The number of hydrogen-bond donors (Lipinski definition) is 2. The summed E-state index contributed by atoms with van der Waals surface area (Å²) in [6.07, 6.45) is 0.835. The molecule has 3 N–H and O–H groups in total. The third-order valence-electron chi connectivity index (χ3n) is 2.40. The lowest BCUT2D eigenvalue weighted by molar-refractivity contribution is -0.121. The van der Waals surface area contributed by atoms with Crippen LogP contribution in [0.5, 0.6) is 5.75 Å². The quantitative estimate of drug-likeness (QED) is 0.769. The number of halogens is 1. The first-order chi connectivity index (χ1) is 8.67.